The molecule has 0 unspecified atom stereocenters. The van der Waals surface area contributed by atoms with Gasteiger partial charge in [-0.2, -0.15) is 5.26 Å². The average Bonchev–Trinajstić information content (AvgIpc) is 2.54. The van der Waals surface area contributed by atoms with Crippen molar-refractivity contribution in [2.45, 2.75) is 26.4 Å². The van der Waals surface area contributed by atoms with Gasteiger partial charge >= 0.3 is 11.8 Å². The van der Waals surface area contributed by atoms with Crippen molar-refractivity contribution in [2.75, 3.05) is 26.2 Å². The van der Waals surface area contributed by atoms with Crippen molar-refractivity contribution in [3.05, 3.63) is 28.7 Å². The van der Waals surface area contributed by atoms with Crippen LogP contribution in [0.2, 0.25) is 0 Å². The number of nitrogens with zero attached hydrogens (tertiary/aromatic N) is 3. The number of nitrogens with one attached hydrogen (secondary N) is 1. The number of amides is 1. The highest BCUT2D eigenvalue weighted by molar-refractivity contribution is 5.72. The predicted octanol–water partition coefficient (Wildman–Crippen LogP) is 2.10. The van der Waals surface area contributed by atoms with Gasteiger partial charge in [-0.15, -0.1) is 0 Å². The molecule has 1 aromatic rings. The Hall–Kier alpha value is -2.66. The SMILES string of the molecule is CC(C)(C)O[N+](=O)c1ccc(OC(=O)N2CCNCC2)c(C#N)c1. The Labute approximate surface area is 140 Å². The molecule has 1 aliphatic heterocycles. The van der Waals surface area contributed by atoms with Crippen LogP contribution < -0.4 is 10.1 Å². The minimum Gasteiger partial charge on any atom is -0.409 e. The smallest absolute Gasteiger partial charge is 0.409 e. The van der Waals surface area contributed by atoms with Crippen LogP contribution in [0.3, 0.4) is 0 Å². The Balaban J connectivity index is 2.13. The molecule has 0 radical (unpaired) electrons. The standard InChI is InChI=1S/C16H21N4O4/c1-16(2,3)24-20(22)13-4-5-14(12(10-13)11-17)23-15(21)19-8-6-18-7-9-19/h4-5,10,18H,6-9H2,1-3H3/q+1. The number of hydrogen-bond acceptors (Lipinski definition) is 6. The molecular formula is C16H21N4O4+. The Bertz CT molecular complexity index is 670. The molecule has 0 spiro atoms. The van der Waals surface area contributed by atoms with Crippen molar-refractivity contribution in [3.8, 4) is 11.8 Å². The third-order valence-electron chi connectivity index (χ3n) is 3.22. The molecule has 1 amide bonds. The second kappa shape index (κ2) is 7.27. The molecule has 1 aromatic carbocycles. The summed E-state index contributed by atoms with van der Waals surface area (Å²) in [6.07, 6.45) is -0.509. The zero-order valence-corrected chi connectivity index (χ0v) is 14.0. The van der Waals surface area contributed by atoms with Crippen LogP contribution in [0.4, 0.5) is 10.5 Å². The van der Waals surface area contributed by atoms with Crippen molar-refractivity contribution in [3.63, 3.8) is 0 Å². The van der Waals surface area contributed by atoms with Gasteiger partial charge in [-0.3, -0.25) is 0 Å². The highest BCUT2D eigenvalue weighted by atomic mass is 16.8. The summed E-state index contributed by atoms with van der Waals surface area (Å²) in [6.45, 7) is 7.73. The normalized spacial score (nSPS) is 14.7. The lowest BCUT2D eigenvalue weighted by Gasteiger charge is -2.26. The molecule has 1 N–H and O–H groups in total. The summed E-state index contributed by atoms with van der Waals surface area (Å²) < 4.78 is 5.29. The minimum absolute atomic E-state index is 0.0920. The summed E-state index contributed by atoms with van der Waals surface area (Å²) in [7, 11) is 0. The summed E-state index contributed by atoms with van der Waals surface area (Å²) in [6, 6.07) is 6.13. The summed E-state index contributed by atoms with van der Waals surface area (Å²) in [5, 5.41) is 12.4. The minimum atomic E-state index is -0.665. The molecular weight excluding hydrogens is 312 g/mol. The number of benzene rings is 1. The van der Waals surface area contributed by atoms with Crippen molar-refractivity contribution in [2.24, 2.45) is 0 Å². The molecule has 24 heavy (non-hydrogen) atoms. The number of ether oxygens (including phenoxy) is 1. The van der Waals surface area contributed by atoms with E-state index in [1.807, 2.05) is 6.07 Å². The molecule has 2 rings (SSSR count). The van der Waals surface area contributed by atoms with E-state index in [0.717, 1.165) is 0 Å². The maximum Gasteiger partial charge on any atom is 0.415 e. The van der Waals surface area contributed by atoms with Crippen molar-refractivity contribution in [1.82, 2.24) is 10.2 Å². The molecule has 0 aromatic heterocycles. The van der Waals surface area contributed by atoms with Crippen LogP contribution in [0.15, 0.2) is 18.2 Å². The molecule has 1 heterocycles. The van der Waals surface area contributed by atoms with Gasteiger partial charge in [-0.05, 0) is 26.8 Å². The van der Waals surface area contributed by atoms with E-state index in [0.29, 0.717) is 31.1 Å². The Kier molecular flexibility index (Phi) is 5.36. The van der Waals surface area contributed by atoms with Crippen LogP contribution in [0.5, 0.6) is 5.75 Å². The fourth-order valence-electron chi connectivity index (χ4n) is 2.12. The van der Waals surface area contributed by atoms with Gasteiger partial charge in [0.05, 0.1) is 4.91 Å². The fourth-order valence-corrected chi connectivity index (χ4v) is 2.12. The molecule has 1 fully saturated rings. The van der Waals surface area contributed by atoms with E-state index in [1.54, 1.807) is 25.7 Å². The van der Waals surface area contributed by atoms with Gasteiger partial charge in [0.2, 0.25) is 0 Å². The first-order valence-corrected chi connectivity index (χ1v) is 7.68. The van der Waals surface area contributed by atoms with E-state index < -0.39 is 11.7 Å². The molecule has 1 aliphatic rings. The largest absolute Gasteiger partial charge is 0.415 e. The number of piperazine rings is 1. The van der Waals surface area contributed by atoms with Gasteiger partial charge in [0.15, 0.2) is 11.4 Å². The third kappa shape index (κ3) is 4.67. The van der Waals surface area contributed by atoms with Gasteiger partial charge < -0.3 is 15.0 Å². The van der Waals surface area contributed by atoms with Gasteiger partial charge in [0.1, 0.15) is 11.6 Å². The quantitative estimate of drug-likeness (QED) is 0.851. The predicted molar refractivity (Wildman–Crippen MR) is 85.7 cm³/mol. The maximum atomic E-state index is 12.1. The van der Waals surface area contributed by atoms with E-state index >= 15 is 0 Å². The van der Waals surface area contributed by atoms with Gasteiger partial charge in [-0.25, -0.2) is 9.63 Å². The monoisotopic (exact) mass is 333 g/mol. The van der Waals surface area contributed by atoms with Crippen LogP contribution in [-0.2, 0) is 4.84 Å². The Morgan fingerprint density at radius 2 is 2.00 bits per heavy atom. The molecule has 0 saturated carbocycles. The molecule has 0 atom stereocenters. The van der Waals surface area contributed by atoms with Crippen LogP contribution in [0.25, 0.3) is 0 Å². The topological polar surface area (TPSA) is 94.7 Å². The summed E-state index contributed by atoms with van der Waals surface area (Å²) >= 11 is 0. The highest BCUT2D eigenvalue weighted by Crippen LogP contribution is 2.25. The molecule has 1 saturated heterocycles. The van der Waals surface area contributed by atoms with E-state index in [9.17, 15) is 15.0 Å². The van der Waals surface area contributed by atoms with Gasteiger partial charge in [-0.1, -0.05) is 0 Å². The van der Waals surface area contributed by atoms with Crippen molar-refractivity contribution >= 4 is 11.8 Å². The summed E-state index contributed by atoms with van der Waals surface area (Å²) in [5.41, 5.74) is -0.417. The summed E-state index contributed by atoms with van der Waals surface area (Å²) in [4.78, 5) is 31.2. The van der Waals surface area contributed by atoms with Gasteiger partial charge in [0.25, 0.3) is 4.92 Å². The third-order valence-corrected chi connectivity index (χ3v) is 3.22. The van der Waals surface area contributed by atoms with E-state index in [1.165, 1.54) is 18.2 Å². The fraction of sp³-hybridized carbons (Fsp3) is 0.500. The van der Waals surface area contributed by atoms with E-state index in [-0.39, 0.29) is 17.0 Å². The Morgan fingerprint density at radius 3 is 2.58 bits per heavy atom. The molecule has 0 bridgehead atoms. The van der Waals surface area contributed by atoms with E-state index in [4.69, 9.17) is 9.57 Å². The lowest BCUT2D eigenvalue weighted by molar-refractivity contribution is -0.766. The first-order chi connectivity index (χ1) is 11.3. The molecule has 0 aliphatic carbocycles. The second-order valence-electron chi connectivity index (χ2n) is 6.36. The lowest BCUT2D eigenvalue weighted by Crippen LogP contribution is -2.47. The zero-order chi connectivity index (χ0) is 17.7. The molecule has 8 heteroatoms. The Morgan fingerprint density at radius 1 is 1.33 bits per heavy atom. The zero-order valence-electron chi connectivity index (χ0n) is 14.0. The van der Waals surface area contributed by atoms with Crippen molar-refractivity contribution < 1.29 is 19.3 Å². The number of rotatable bonds is 3. The van der Waals surface area contributed by atoms with E-state index in [2.05, 4.69) is 5.32 Å². The average molecular weight is 333 g/mol. The summed E-state index contributed by atoms with van der Waals surface area (Å²) in [5.74, 6) is 0.119. The molecule has 8 nitrogen and oxygen atoms in total. The molecule has 128 valence electrons. The first kappa shape index (κ1) is 17.7. The van der Waals surface area contributed by atoms with Crippen molar-refractivity contribution in [1.29, 1.82) is 5.26 Å². The maximum absolute atomic E-state index is 12.1. The number of hydrogen-bond donors (Lipinski definition) is 1. The first-order valence-electron chi connectivity index (χ1n) is 7.68. The number of carbonyl (C=O) groups is 1. The van der Waals surface area contributed by atoms with Crippen LogP contribution >= 0.6 is 0 Å². The lowest BCUT2D eigenvalue weighted by atomic mass is 10.2. The number of nitriles is 1. The van der Waals surface area contributed by atoms with Gasteiger partial charge in [0, 0.05) is 38.3 Å². The number of carbonyl (C=O) groups excluding carboxylic acids is 1. The highest BCUT2D eigenvalue weighted by Gasteiger charge is 2.27. The second-order valence-corrected chi connectivity index (χ2v) is 6.36. The van der Waals surface area contributed by atoms with Crippen LogP contribution in [-0.4, -0.2) is 47.7 Å². The van der Waals surface area contributed by atoms with Crippen LogP contribution in [0, 0.1) is 16.2 Å². The van der Waals surface area contributed by atoms with Crippen LogP contribution in [0.1, 0.15) is 26.3 Å².